The lowest BCUT2D eigenvalue weighted by molar-refractivity contribution is 0.415. The molecule has 2 atom stereocenters. The fraction of sp³-hybridized carbons (Fsp3) is 0.294. The van der Waals surface area contributed by atoms with Gasteiger partial charge in [0, 0.05) is 15.1 Å². The molecule has 1 N–H and O–H groups in total. The number of hydrazine groups is 1. The number of anilines is 1. The van der Waals surface area contributed by atoms with Crippen molar-refractivity contribution in [2.24, 2.45) is 0 Å². The van der Waals surface area contributed by atoms with E-state index in [0.29, 0.717) is 5.02 Å². The van der Waals surface area contributed by atoms with E-state index in [4.69, 9.17) is 11.6 Å². The van der Waals surface area contributed by atoms with Gasteiger partial charge in [-0.2, -0.15) is 0 Å². The van der Waals surface area contributed by atoms with Gasteiger partial charge in [0.2, 0.25) is 0 Å². The van der Waals surface area contributed by atoms with E-state index >= 15 is 0 Å². The van der Waals surface area contributed by atoms with Crippen molar-refractivity contribution in [2.45, 2.75) is 31.6 Å². The summed E-state index contributed by atoms with van der Waals surface area (Å²) in [5.41, 5.74) is 6.44. The average Bonchev–Trinajstić information content (AvgIpc) is 2.84. The summed E-state index contributed by atoms with van der Waals surface area (Å²) in [5.74, 6) is 0. The van der Waals surface area contributed by atoms with Crippen molar-refractivity contribution in [1.29, 1.82) is 0 Å². The van der Waals surface area contributed by atoms with Crippen LogP contribution in [0.15, 0.2) is 46.9 Å². The molecule has 1 aliphatic heterocycles. The third kappa shape index (κ3) is 3.39. The van der Waals surface area contributed by atoms with Gasteiger partial charge in [-0.3, -0.25) is 5.43 Å². The van der Waals surface area contributed by atoms with E-state index in [2.05, 4.69) is 27.4 Å². The highest BCUT2D eigenvalue weighted by Crippen LogP contribution is 2.44. The van der Waals surface area contributed by atoms with Crippen LogP contribution in [0.3, 0.4) is 0 Å². The van der Waals surface area contributed by atoms with Crippen LogP contribution in [0, 0.1) is 0 Å². The highest BCUT2D eigenvalue weighted by molar-refractivity contribution is 9.10. The molecule has 0 spiro atoms. The molecule has 2 aromatic rings. The van der Waals surface area contributed by atoms with Gasteiger partial charge in [-0.05, 0) is 61.1 Å². The first-order valence-corrected chi connectivity index (χ1v) is 9.58. The minimum Gasteiger partial charge on any atom is -0.596 e. The Morgan fingerprint density at radius 3 is 2.43 bits per heavy atom. The van der Waals surface area contributed by atoms with Crippen molar-refractivity contribution >= 4 is 44.6 Å². The summed E-state index contributed by atoms with van der Waals surface area (Å²) in [4.78, 5) is 0. The molecule has 2 unspecified atom stereocenters. The summed E-state index contributed by atoms with van der Waals surface area (Å²) in [6, 6.07) is 13.6. The summed E-state index contributed by atoms with van der Waals surface area (Å²) in [5, 5.41) is 0.692. The van der Waals surface area contributed by atoms with Gasteiger partial charge in [0.05, 0.1) is 17.0 Å². The van der Waals surface area contributed by atoms with Crippen LogP contribution in [0.4, 0.5) is 5.69 Å². The SMILES string of the molecule is CC(C)(C)[S+]([O-])N1Nc2ccc(Br)cc2C1c1ccc(Cl)cc1. The fourth-order valence-electron chi connectivity index (χ4n) is 2.56. The topological polar surface area (TPSA) is 38.3 Å². The second-order valence-electron chi connectivity index (χ2n) is 6.48. The van der Waals surface area contributed by atoms with E-state index in [9.17, 15) is 4.55 Å². The molecule has 0 saturated carbocycles. The molecule has 122 valence electrons. The van der Waals surface area contributed by atoms with Crippen molar-refractivity contribution in [1.82, 2.24) is 4.41 Å². The molecule has 3 nitrogen and oxygen atoms in total. The number of rotatable bonds is 2. The van der Waals surface area contributed by atoms with Gasteiger partial charge in [0.25, 0.3) is 0 Å². The van der Waals surface area contributed by atoms with Crippen LogP contribution >= 0.6 is 27.5 Å². The first-order valence-electron chi connectivity index (χ1n) is 7.30. The minimum atomic E-state index is -1.21. The van der Waals surface area contributed by atoms with E-state index in [1.807, 2.05) is 61.6 Å². The van der Waals surface area contributed by atoms with Gasteiger partial charge in [-0.25, -0.2) is 0 Å². The highest BCUT2D eigenvalue weighted by atomic mass is 79.9. The lowest BCUT2D eigenvalue weighted by Crippen LogP contribution is -2.45. The first kappa shape index (κ1) is 17.1. The Bertz CT molecular complexity index is 718. The van der Waals surface area contributed by atoms with E-state index in [1.54, 1.807) is 0 Å². The molecule has 0 fully saturated rings. The molecule has 3 rings (SSSR count). The maximum atomic E-state index is 13.0. The van der Waals surface area contributed by atoms with E-state index in [0.717, 1.165) is 21.3 Å². The van der Waals surface area contributed by atoms with Gasteiger partial charge < -0.3 is 4.55 Å². The summed E-state index contributed by atoms with van der Waals surface area (Å²) < 4.78 is 15.5. The molecule has 0 aromatic heterocycles. The van der Waals surface area contributed by atoms with Crippen LogP contribution in [-0.4, -0.2) is 13.7 Å². The molecule has 1 heterocycles. The molecule has 23 heavy (non-hydrogen) atoms. The number of hydrogen-bond acceptors (Lipinski definition) is 3. The number of nitrogens with zero attached hydrogens (tertiary/aromatic N) is 1. The maximum Gasteiger partial charge on any atom is 0.139 e. The molecule has 0 amide bonds. The third-order valence-electron chi connectivity index (χ3n) is 3.66. The van der Waals surface area contributed by atoms with Crippen LogP contribution in [0.25, 0.3) is 0 Å². The van der Waals surface area contributed by atoms with Crippen LogP contribution in [-0.2, 0) is 11.4 Å². The number of hydrogen-bond donors (Lipinski definition) is 1. The molecule has 2 aromatic carbocycles. The summed E-state index contributed by atoms with van der Waals surface area (Å²) in [6.45, 7) is 5.92. The van der Waals surface area contributed by atoms with Crippen molar-refractivity contribution in [2.75, 3.05) is 5.43 Å². The fourth-order valence-corrected chi connectivity index (χ4v) is 4.27. The van der Waals surface area contributed by atoms with Crippen molar-refractivity contribution in [3.8, 4) is 0 Å². The number of benzene rings is 2. The van der Waals surface area contributed by atoms with E-state index in [1.165, 1.54) is 0 Å². The number of halogens is 2. The molecular weight excluding hydrogens is 396 g/mol. The lowest BCUT2D eigenvalue weighted by atomic mass is 9.99. The minimum absolute atomic E-state index is 0.125. The summed E-state index contributed by atoms with van der Waals surface area (Å²) >= 11 is 8.34. The predicted molar refractivity (Wildman–Crippen MR) is 101 cm³/mol. The lowest BCUT2D eigenvalue weighted by Gasteiger charge is -2.33. The van der Waals surface area contributed by atoms with Gasteiger partial charge in [-0.1, -0.05) is 39.7 Å². The Labute approximate surface area is 153 Å². The Morgan fingerprint density at radius 1 is 1.17 bits per heavy atom. The molecule has 0 bridgehead atoms. The standard InChI is InChI=1S/C17H18BrClN2OS/c1-17(2,3)23(22)21-16(11-4-7-13(19)8-5-11)14-10-12(18)6-9-15(14)20-21/h4-10,16,20H,1-3H3. The number of nitrogens with one attached hydrogen (secondary N) is 1. The van der Waals surface area contributed by atoms with Gasteiger partial charge >= 0.3 is 0 Å². The zero-order valence-electron chi connectivity index (χ0n) is 13.1. The van der Waals surface area contributed by atoms with Gasteiger partial charge in [0.15, 0.2) is 0 Å². The van der Waals surface area contributed by atoms with Crippen LogP contribution < -0.4 is 5.43 Å². The third-order valence-corrected chi connectivity index (χ3v) is 6.11. The normalized spacial score (nSPS) is 19.3. The smallest absolute Gasteiger partial charge is 0.139 e. The van der Waals surface area contributed by atoms with E-state index in [-0.39, 0.29) is 10.8 Å². The molecule has 1 aliphatic rings. The molecule has 0 aliphatic carbocycles. The Balaban J connectivity index is 2.09. The van der Waals surface area contributed by atoms with Crippen LogP contribution in [0.2, 0.25) is 5.02 Å². The number of fused-ring (bicyclic) bond motifs is 1. The van der Waals surface area contributed by atoms with Gasteiger partial charge in [-0.15, -0.1) is 0 Å². The zero-order valence-corrected chi connectivity index (χ0v) is 16.3. The maximum absolute atomic E-state index is 13.0. The molecule has 0 saturated heterocycles. The average molecular weight is 414 g/mol. The Morgan fingerprint density at radius 2 is 1.83 bits per heavy atom. The van der Waals surface area contributed by atoms with Gasteiger partial charge in [0.1, 0.15) is 10.8 Å². The zero-order chi connectivity index (χ0) is 16.8. The largest absolute Gasteiger partial charge is 0.596 e. The molecule has 0 radical (unpaired) electrons. The van der Waals surface area contributed by atoms with E-state index < -0.39 is 11.4 Å². The first-order chi connectivity index (χ1) is 10.8. The summed E-state index contributed by atoms with van der Waals surface area (Å²) in [7, 11) is 0. The second-order valence-corrected chi connectivity index (χ2v) is 9.95. The van der Waals surface area contributed by atoms with Crippen molar-refractivity contribution in [3.63, 3.8) is 0 Å². The monoisotopic (exact) mass is 412 g/mol. The Hall–Kier alpha value is -0.720. The van der Waals surface area contributed by atoms with Crippen molar-refractivity contribution in [3.05, 3.63) is 63.1 Å². The molecule has 6 heteroatoms. The molecular formula is C17H18BrClN2OS. The van der Waals surface area contributed by atoms with Crippen molar-refractivity contribution < 1.29 is 4.55 Å². The summed E-state index contributed by atoms with van der Waals surface area (Å²) in [6.07, 6.45) is 0. The van der Waals surface area contributed by atoms with Crippen LogP contribution in [0.1, 0.15) is 37.9 Å². The highest BCUT2D eigenvalue weighted by Gasteiger charge is 2.44. The predicted octanol–water partition coefficient (Wildman–Crippen LogP) is 5.30. The quantitative estimate of drug-likeness (QED) is 0.679. The Kier molecular flexibility index (Phi) is 4.69. The second kappa shape index (κ2) is 6.30. The van der Waals surface area contributed by atoms with Crippen LogP contribution in [0.5, 0.6) is 0 Å².